The summed E-state index contributed by atoms with van der Waals surface area (Å²) in [4.78, 5) is 25.4. The van der Waals surface area contributed by atoms with E-state index in [1.54, 1.807) is 4.90 Å². The lowest BCUT2D eigenvalue weighted by Crippen LogP contribution is -2.53. The molecule has 2 fully saturated rings. The van der Waals surface area contributed by atoms with Crippen molar-refractivity contribution in [3.05, 3.63) is 35.9 Å². The number of nitrogens with zero attached hydrogens (tertiary/aromatic N) is 2. The van der Waals surface area contributed by atoms with Crippen LogP contribution in [0.3, 0.4) is 0 Å². The minimum absolute atomic E-state index is 0.150. The molecule has 0 aromatic heterocycles. The van der Waals surface area contributed by atoms with Gasteiger partial charge in [0.1, 0.15) is 12.8 Å². The number of likely N-dealkylation sites (tertiary alicyclic amines) is 2. The van der Waals surface area contributed by atoms with E-state index in [-0.39, 0.29) is 31.7 Å². The van der Waals surface area contributed by atoms with E-state index in [2.05, 4.69) is 0 Å². The maximum absolute atomic E-state index is 14.0. The summed E-state index contributed by atoms with van der Waals surface area (Å²) in [6, 6.07) is 9.46. The SMILES string of the molecule is O=C(O)N1CC[C@@H](OCC2CN(C(=O)OCc3ccccc3)C2)[C@H](F)C1. The first-order valence-electron chi connectivity index (χ1n) is 8.72. The number of benzene rings is 1. The molecule has 0 radical (unpaired) electrons. The average Bonchev–Trinajstić information content (AvgIpc) is 2.60. The second-order valence-electron chi connectivity index (χ2n) is 6.72. The monoisotopic (exact) mass is 366 g/mol. The number of halogens is 1. The van der Waals surface area contributed by atoms with Crippen molar-refractivity contribution in [3.8, 4) is 0 Å². The van der Waals surface area contributed by atoms with Crippen LogP contribution in [0.15, 0.2) is 30.3 Å². The quantitative estimate of drug-likeness (QED) is 0.865. The second-order valence-corrected chi connectivity index (χ2v) is 6.72. The summed E-state index contributed by atoms with van der Waals surface area (Å²) in [5.74, 6) is 0.156. The van der Waals surface area contributed by atoms with Crippen LogP contribution in [-0.4, -0.2) is 72.2 Å². The summed E-state index contributed by atoms with van der Waals surface area (Å²) in [6.45, 7) is 1.78. The van der Waals surface area contributed by atoms with E-state index < -0.39 is 18.4 Å². The van der Waals surface area contributed by atoms with Gasteiger partial charge in [-0.05, 0) is 12.0 Å². The van der Waals surface area contributed by atoms with E-state index in [1.165, 1.54) is 0 Å². The molecule has 2 amide bonds. The molecule has 0 spiro atoms. The van der Waals surface area contributed by atoms with Gasteiger partial charge in [0, 0.05) is 25.6 Å². The average molecular weight is 366 g/mol. The first-order valence-corrected chi connectivity index (χ1v) is 8.72. The highest BCUT2D eigenvalue weighted by molar-refractivity contribution is 5.68. The molecule has 142 valence electrons. The van der Waals surface area contributed by atoms with Gasteiger partial charge >= 0.3 is 12.2 Å². The number of hydrogen-bond acceptors (Lipinski definition) is 4. The van der Waals surface area contributed by atoms with Gasteiger partial charge in [-0.15, -0.1) is 0 Å². The molecule has 0 aliphatic carbocycles. The Morgan fingerprint density at radius 2 is 1.88 bits per heavy atom. The number of carbonyl (C=O) groups excluding carboxylic acids is 1. The molecular weight excluding hydrogens is 343 g/mol. The molecule has 7 nitrogen and oxygen atoms in total. The summed E-state index contributed by atoms with van der Waals surface area (Å²) >= 11 is 0. The number of carbonyl (C=O) groups is 2. The third-order valence-corrected chi connectivity index (χ3v) is 4.72. The van der Waals surface area contributed by atoms with Crippen molar-refractivity contribution in [1.29, 1.82) is 0 Å². The molecular formula is C18H23FN2O5. The number of piperidine rings is 1. The molecule has 1 N–H and O–H groups in total. The van der Waals surface area contributed by atoms with Gasteiger partial charge in [-0.2, -0.15) is 0 Å². The van der Waals surface area contributed by atoms with Gasteiger partial charge < -0.3 is 24.4 Å². The first kappa shape index (κ1) is 18.4. The highest BCUT2D eigenvalue weighted by Gasteiger charge is 2.36. The molecule has 2 aliphatic heterocycles. The molecule has 2 atom stereocenters. The van der Waals surface area contributed by atoms with Crippen molar-refractivity contribution in [2.45, 2.75) is 25.3 Å². The standard InChI is InChI=1S/C18H23FN2O5/c19-15-10-20(17(22)23)7-6-16(15)25-12-14-8-21(9-14)18(24)26-11-13-4-2-1-3-5-13/h1-5,14-16H,6-12H2,(H,22,23)/t15-,16-/m1/s1. The smallest absolute Gasteiger partial charge is 0.410 e. The van der Waals surface area contributed by atoms with Crippen molar-refractivity contribution in [3.63, 3.8) is 0 Å². The Labute approximate surface area is 151 Å². The van der Waals surface area contributed by atoms with Gasteiger partial charge in [0.25, 0.3) is 0 Å². The van der Waals surface area contributed by atoms with Gasteiger partial charge in [-0.25, -0.2) is 14.0 Å². The van der Waals surface area contributed by atoms with Crippen LogP contribution in [0.5, 0.6) is 0 Å². The van der Waals surface area contributed by atoms with E-state index in [1.807, 2.05) is 30.3 Å². The molecule has 1 aromatic carbocycles. The van der Waals surface area contributed by atoms with E-state index in [9.17, 15) is 14.0 Å². The zero-order chi connectivity index (χ0) is 18.5. The van der Waals surface area contributed by atoms with E-state index >= 15 is 0 Å². The molecule has 0 unspecified atom stereocenters. The van der Waals surface area contributed by atoms with E-state index in [4.69, 9.17) is 14.6 Å². The Kier molecular flexibility index (Phi) is 5.92. The van der Waals surface area contributed by atoms with Crippen LogP contribution in [0.2, 0.25) is 0 Å². The minimum Gasteiger partial charge on any atom is -0.465 e. The van der Waals surface area contributed by atoms with Crippen LogP contribution >= 0.6 is 0 Å². The van der Waals surface area contributed by atoms with Gasteiger partial charge in [-0.3, -0.25) is 0 Å². The van der Waals surface area contributed by atoms with Crippen molar-refractivity contribution >= 4 is 12.2 Å². The Bertz CT molecular complexity index is 623. The Balaban J connectivity index is 1.32. The van der Waals surface area contributed by atoms with E-state index in [0.29, 0.717) is 26.1 Å². The Morgan fingerprint density at radius 3 is 2.54 bits per heavy atom. The van der Waals surface area contributed by atoms with Gasteiger partial charge in [0.05, 0.1) is 19.3 Å². The second kappa shape index (κ2) is 8.35. The summed E-state index contributed by atoms with van der Waals surface area (Å²) in [5.41, 5.74) is 0.933. The first-order chi connectivity index (χ1) is 12.5. The predicted octanol–water partition coefficient (Wildman–Crippen LogP) is 2.36. The minimum atomic E-state index is -1.31. The molecule has 26 heavy (non-hydrogen) atoms. The Hall–Kier alpha value is -2.35. The number of alkyl halides is 1. The predicted molar refractivity (Wildman–Crippen MR) is 90.5 cm³/mol. The molecule has 1 aromatic rings. The van der Waals surface area contributed by atoms with Crippen LogP contribution in [0.25, 0.3) is 0 Å². The maximum atomic E-state index is 14.0. The third kappa shape index (κ3) is 4.63. The van der Waals surface area contributed by atoms with Crippen molar-refractivity contribution in [2.24, 2.45) is 5.92 Å². The normalized spacial score (nSPS) is 23.4. The zero-order valence-electron chi connectivity index (χ0n) is 14.4. The van der Waals surface area contributed by atoms with Crippen LogP contribution < -0.4 is 0 Å². The molecule has 2 saturated heterocycles. The lowest BCUT2D eigenvalue weighted by molar-refractivity contribution is -0.0717. The maximum Gasteiger partial charge on any atom is 0.410 e. The fourth-order valence-electron chi connectivity index (χ4n) is 3.14. The molecule has 0 saturated carbocycles. The number of carboxylic acid groups (broad SMARTS) is 1. The molecule has 2 aliphatic rings. The van der Waals surface area contributed by atoms with Crippen molar-refractivity contribution < 1.29 is 28.6 Å². The summed E-state index contributed by atoms with van der Waals surface area (Å²) in [7, 11) is 0. The van der Waals surface area contributed by atoms with Crippen LogP contribution in [0.4, 0.5) is 14.0 Å². The topological polar surface area (TPSA) is 79.3 Å². The summed E-state index contributed by atoms with van der Waals surface area (Å²) < 4.78 is 24.8. The van der Waals surface area contributed by atoms with Crippen LogP contribution in [0.1, 0.15) is 12.0 Å². The zero-order valence-corrected chi connectivity index (χ0v) is 14.4. The van der Waals surface area contributed by atoms with Gasteiger partial charge in [0.15, 0.2) is 0 Å². The number of ether oxygens (including phenoxy) is 2. The van der Waals surface area contributed by atoms with Crippen molar-refractivity contribution in [2.75, 3.05) is 32.8 Å². The fraction of sp³-hybridized carbons (Fsp3) is 0.556. The highest BCUT2D eigenvalue weighted by atomic mass is 19.1. The molecule has 8 heteroatoms. The van der Waals surface area contributed by atoms with Gasteiger partial charge in [-0.1, -0.05) is 30.3 Å². The summed E-state index contributed by atoms with van der Waals surface area (Å²) in [6.07, 6.45) is -3.00. The highest BCUT2D eigenvalue weighted by Crippen LogP contribution is 2.22. The largest absolute Gasteiger partial charge is 0.465 e. The van der Waals surface area contributed by atoms with Gasteiger partial charge in [0.2, 0.25) is 0 Å². The lowest BCUT2D eigenvalue weighted by atomic mass is 10.0. The Morgan fingerprint density at radius 1 is 1.15 bits per heavy atom. The molecule has 0 bridgehead atoms. The number of amides is 2. The lowest BCUT2D eigenvalue weighted by Gasteiger charge is -2.40. The fourth-order valence-corrected chi connectivity index (χ4v) is 3.14. The van der Waals surface area contributed by atoms with Crippen LogP contribution in [-0.2, 0) is 16.1 Å². The third-order valence-electron chi connectivity index (χ3n) is 4.72. The molecule has 2 heterocycles. The van der Waals surface area contributed by atoms with Crippen LogP contribution in [0, 0.1) is 5.92 Å². The number of rotatable bonds is 5. The van der Waals surface area contributed by atoms with E-state index in [0.717, 1.165) is 10.5 Å². The molecule has 3 rings (SSSR count). The number of hydrogen-bond donors (Lipinski definition) is 1. The van der Waals surface area contributed by atoms with Crippen molar-refractivity contribution in [1.82, 2.24) is 9.80 Å². The summed E-state index contributed by atoms with van der Waals surface area (Å²) in [5, 5.41) is 8.87.